The van der Waals surface area contributed by atoms with Crippen LogP contribution in [0, 0.1) is 6.92 Å². The molecule has 4 aromatic rings. The fraction of sp³-hybridized carbons (Fsp3) is 0.250. The summed E-state index contributed by atoms with van der Waals surface area (Å²) in [5, 5.41) is 8.75. The average molecular weight is 470 g/mol. The predicted octanol–water partition coefficient (Wildman–Crippen LogP) is 6.88. The van der Waals surface area contributed by atoms with E-state index in [0.717, 1.165) is 34.1 Å². The van der Waals surface area contributed by atoms with Gasteiger partial charge >= 0.3 is 0 Å². The first-order chi connectivity index (χ1) is 15.0. The molecule has 160 valence electrons. The van der Waals surface area contributed by atoms with E-state index in [1.807, 2.05) is 55.6 Å². The van der Waals surface area contributed by atoms with Crippen molar-refractivity contribution in [2.45, 2.75) is 39.8 Å². The van der Waals surface area contributed by atoms with E-state index in [1.54, 1.807) is 22.7 Å². The molecule has 1 unspecified atom stereocenters. The molecular weight excluding hydrogens is 446 g/mol. The normalized spacial score (nSPS) is 12.1. The van der Waals surface area contributed by atoms with Crippen LogP contribution in [0.2, 0.25) is 5.02 Å². The summed E-state index contributed by atoms with van der Waals surface area (Å²) >= 11 is 9.65. The highest BCUT2D eigenvalue weighted by molar-refractivity contribution is 7.13. The van der Waals surface area contributed by atoms with Crippen molar-refractivity contribution in [1.82, 2.24) is 14.9 Å². The molecule has 1 N–H and O–H groups in total. The maximum atomic E-state index is 12.9. The van der Waals surface area contributed by atoms with Crippen molar-refractivity contribution in [1.29, 1.82) is 0 Å². The summed E-state index contributed by atoms with van der Waals surface area (Å²) in [7, 11) is 0. The highest BCUT2D eigenvalue weighted by Gasteiger charge is 2.21. The molecule has 31 heavy (non-hydrogen) atoms. The number of hydrogen-bond donors (Lipinski definition) is 1. The number of thiophene rings is 1. The van der Waals surface area contributed by atoms with Gasteiger partial charge in [-0.15, -0.1) is 22.7 Å². The van der Waals surface area contributed by atoms with Crippen molar-refractivity contribution >= 4 is 40.2 Å². The molecule has 1 aromatic carbocycles. The number of thiazole rings is 1. The van der Waals surface area contributed by atoms with Gasteiger partial charge in [-0.3, -0.25) is 4.79 Å². The van der Waals surface area contributed by atoms with Crippen LogP contribution in [0.5, 0.6) is 0 Å². The van der Waals surface area contributed by atoms with E-state index in [0.29, 0.717) is 17.1 Å². The Morgan fingerprint density at radius 2 is 2.03 bits per heavy atom. The van der Waals surface area contributed by atoms with Crippen LogP contribution in [-0.2, 0) is 6.54 Å². The van der Waals surface area contributed by atoms with Crippen LogP contribution < -0.4 is 5.32 Å². The Hall–Kier alpha value is -2.41. The Kier molecular flexibility index (Phi) is 6.60. The Balaban J connectivity index is 1.76. The number of halogens is 1. The second-order valence-corrected chi connectivity index (χ2v) is 9.79. The van der Waals surface area contributed by atoms with Gasteiger partial charge in [-0.1, -0.05) is 42.8 Å². The van der Waals surface area contributed by atoms with Crippen LogP contribution in [0.4, 0.5) is 0 Å². The van der Waals surface area contributed by atoms with Crippen molar-refractivity contribution in [2.75, 3.05) is 0 Å². The first-order valence-corrected chi connectivity index (χ1v) is 12.4. The van der Waals surface area contributed by atoms with Crippen LogP contribution in [0.15, 0.2) is 53.2 Å². The van der Waals surface area contributed by atoms with Gasteiger partial charge in [-0.25, -0.2) is 4.98 Å². The predicted molar refractivity (Wildman–Crippen MR) is 131 cm³/mol. The van der Waals surface area contributed by atoms with Crippen LogP contribution in [0.25, 0.3) is 22.0 Å². The summed E-state index contributed by atoms with van der Waals surface area (Å²) < 4.78 is 2.18. The number of nitrogens with zero attached hydrogens (tertiary/aromatic N) is 2. The molecule has 0 bridgehead atoms. The topological polar surface area (TPSA) is 46.9 Å². The van der Waals surface area contributed by atoms with Crippen molar-refractivity contribution in [3.8, 4) is 22.0 Å². The average Bonchev–Trinajstić information content (AvgIpc) is 3.50. The van der Waals surface area contributed by atoms with Crippen LogP contribution >= 0.6 is 34.3 Å². The third kappa shape index (κ3) is 4.61. The molecule has 0 fully saturated rings. The molecule has 3 heterocycles. The molecule has 0 saturated heterocycles. The van der Waals surface area contributed by atoms with E-state index in [9.17, 15) is 4.79 Å². The van der Waals surface area contributed by atoms with E-state index in [4.69, 9.17) is 16.6 Å². The van der Waals surface area contributed by atoms with Gasteiger partial charge in [0.2, 0.25) is 0 Å². The highest BCUT2D eigenvalue weighted by atomic mass is 35.5. The summed E-state index contributed by atoms with van der Waals surface area (Å²) in [5.74, 6) is -0.0420. The minimum Gasteiger partial charge on any atom is -0.350 e. The molecule has 0 spiro atoms. The van der Waals surface area contributed by atoms with Gasteiger partial charge in [-0.2, -0.15) is 0 Å². The molecule has 0 aliphatic rings. The molecule has 1 atom stereocenters. The lowest BCUT2D eigenvalue weighted by Gasteiger charge is -2.12. The number of hydrogen-bond acceptors (Lipinski definition) is 4. The number of carbonyl (C=O) groups is 1. The van der Waals surface area contributed by atoms with Crippen molar-refractivity contribution in [3.63, 3.8) is 0 Å². The van der Waals surface area contributed by atoms with Crippen molar-refractivity contribution in [2.24, 2.45) is 0 Å². The standard InChI is InChI=1S/C24H24ClN3OS2/c1-4-15(2)26-23(29)19-12-22(28(16(19)3)13-17-8-7-11-30-17)21-14-31-24(27-21)18-9-5-6-10-20(18)25/h5-12,14-15H,4,13H2,1-3H3,(H,26,29). The lowest BCUT2D eigenvalue weighted by atomic mass is 10.2. The number of aromatic nitrogens is 2. The first-order valence-electron chi connectivity index (χ1n) is 10.2. The second-order valence-electron chi connectivity index (χ2n) is 7.49. The molecule has 4 nitrogen and oxygen atoms in total. The summed E-state index contributed by atoms with van der Waals surface area (Å²) in [6, 6.07) is 14.0. The summed E-state index contributed by atoms with van der Waals surface area (Å²) in [5.41, 5.74) is 4.34. The van der Waals surface area contributed by atoms with E-state index in [-0.39, 0.29) is 11.9 Å². The fourth-order valence-corrected chi connectivity index (χ4v) is 5.23. The van der Waals surface area contributed by atoms with Crippen LogP contribution in [0.3, 0.4) is 0 Å². The highest BCUT2D eigenvalue weighted by Crippen LogP contribution is 2.35. The van der Waals surface area contributed by atoms with Gasteiger partial charge in [0.1, 0.15) is 5.01 Å². The maximum Gasteiger partial charge on any atom is 0.253 e. The number of rotatable bonds is 7. The Bertz CT molecular complexity index is 1190. The minimum atomic E-state index is -0.0420. The zero-order chi connectivity index (χ0) is 22.0. The molecule has 0 aliphatic carbocycles. The second kappa shape index (κ2) is 9.39. The molecule has 1 amide bonds. The molecule has 0 aliphatic heterocycles. The third-order valence-corrected chi connectivity index (χ3v) is 7.43. The SMILES string of the molecule is CCC(C)NC(=O)c1cc(-c2csc(-c3ccccc3Cl)n2)n(Cc2cccs2)c1C. The van der Waals surface area contributed by atoms with E-state index < -0.39 is 0 Å². The lowest BCUT2D eigenvalue weighted by molar-refractivity contribution is 0.0938. The first kappa shape index (κ1) is 21.8. The Morgan fingerprint density at radius 1 is 1.23 bits per heavy atom. The molecule has 0 radical (unpaired) electrons. The quantitative estimate of drug-likeness (QED) is 0.320. The van der Waals surface area contributed by atoms with Gasteiger partial charge in [0.05, 0.1) is 28.5 Å². The fourth-order valence-electron chi connectivity index (χ4n) is 3.40. The number of amides is 1. The Labute approximate surface area is 195 Å². The largest absolute Gasteiger partial charge is 0.350 e. The molecule has 7 heteroatoms. The van der Waals surface area contributed by atoms with Gasteiger partial charge < -0.3 is 9.88 Å². The van der Waals surface area contributed by atoms with Gasteiger partial charge in [0.15, 0.2) is 0 Å². The minimum absolute atomic E-state index is 0.0420. The monoisotopic (exact) mass is 469 g/mol. The molecule has 3 aromatic heterocycles. The summed E-state index contributed by atoms with van der Waals surface area (Å²) in [6.07, 6.45) is 0.890. The molecule has 0 saturated carbocycles. The zero-order valence-electron chi connectivity index (χ0n) is 17.7. The van der Waals surface area contributed by atoms with Crippen LogP contribution in [-0.4, -0.2) is 21.5 Å². The maximum absolute atomic E-state index is 12.9. The zero-order valence-corrected chi connectivity index (χ0v) is 20.1. The number of nitrogens with one attached hydrogen (secondary N) is 1. The summed E-state index contributed by atoms with van der Waals surface area (Å²) in [6.45, 7) is 6.79. The molecule has 4 rings (SSSR count). The van der Waals surface area contributed by atoms with Crippen molar-refractivity contribution < 1.29 is 4.79 Å². The summed E-state index contributed by atoms with van der Waals surface area (Å²) in [4.78, 5) is 19.1. The van der Waals surface area contributed by atoms with E-state index >= 15 is 0 Å². The third-order valence-electron chi connectivity index (χ3n) is 5.37. The van der Waals surface area contributed by atoms with Gasteiger partial charge in [0, 0.05) is 27.6 Å². The van der Waals surface area contributed by atoms with E-state index in [1.165, 1.54) is 4.88 Å². The van der Waals surface area contributed by atoms with Crippen LogP contribution in [0.1, 0.15) is 41.2 Å². The number of benzene rings is 1. The number of carbonyl (C=O) groups excluding carboxylic acids is 1. The van der Waals surface area contributed by atoms with Gasteiger partial charge in [0.25, 0.3) is 5.91 Å². The lowest BCUT2D eigenvalue weighted by Crippen LogP contribution is -2.32. The van der Waals surface area contributed by atoms with Gasteiger partial charge in [-0.05, 0) is 43.8 Å². The van der Waals surface area contributed by atoms with Crippen molar-refractivity contribution in [3.05, 3.63) is 74.4 Å². The molecular formula is C24H24ClN3OS2. The van der Waals surface area contributed by atoms with E-state index in [2.05, 4.69) is 28.3 Å². The smallest absolute Gasteiger partial charge is 0.253 e. The Morgan fingerprint density at radius 3 is 2.74 bits per heavy atom.